The van der Waals surface area contributed by atoms with Crippen LogP contribution in [0.25, 0.3) is 0 Å². The molecule has 0 heterocycles. The maximum absolute atomic E-state index is 5.72. The molecule has 0 atom stereocenters. The largest absolute Gasteiger partial charge is 0.494 e. The van der Waals surface area contributed by atoms with Crippen molar-refractivity contribution in [2.24, 2.45) is 0 Å². The minimum absolute atomic E-state index is 0. The van der Waals surface area contributed by atoms with Crippen molar-refractivity contribution in [2.75, 3.05) is 27.2 Å². The molecule has 0 aliphatic carbocycles. The molecule has 25 heavy (non-hydrogen) atoms. The van der Waals surface area contributed by atoms with Crippen LogP contribution in [0.1, 0.15) is 0 Å². The van der Waals surface area contributed by atoms with E-state index in [-0.39, 0.29) is 294 Å². The predicted octanol–water partition coefficient (Wildman–Crippen LogP) is 1.08. The zero-order valence-electron chi connectivity index (χ0n) is 15.3. The molecule has 0 unspecified atom stereocenters. The molecule has 0 saturated carbocycles. The van der Waals surface area contributed by atoms with E-state index < -0.39 is 0 Å². The Morgan fingerprint density at radius 1 is 1.00 bits per heavy atom. The molecule has 0 aromatic heterocycles. The van der Waals surface area contributed by atoms with Gasteiger partial charge in [0.25, 0.3) is 0 Å². The summed E-state index contributed by atoms with van der Waals surface area (Å²) in [5.74, 6) is 0. The van der Waals surface area contributed by atoms with Crippen molar-refractivity contribution in [2.45, 2.75) is 0 Å². The van der Waals surface area contributed by atoms with Gasteiger partial charge in [0.2, 0.25) is 0 Å². The van der Waals surface area contributed by atoms with Gasteiger partial charge in [-0.25, -0.2) is 18.2 Å². The van der Waals surface area contributed by atoms with Gasteiger partial charge < -0.3 is 16.4 Å². The Balaban J connectivity index is -0.0000000312. The Kier molecular flexibility index (Phi) is 128. The first-order valence-corrected chi connectivity index (χ1v) is 5.08. The summed E-state index contributed by atoms with van der Waals surface area (Å²) in [5.41, 5.74) is 0.648. The molecule has 0 aromatic carbocycles. The quantitative estimate of drug-likeness (QED) is 0.0967. The Labute approximate surface area is 384 Å². The molecule has 12 heteroatoms. The molecule has 0 aliphatic rings. The Morgan fingerprint density at radius 3 is 1.80 bits per heavy atom. The minimum Gasteiger partial charge on any atom is -0.494 e. The summed E-state index contributed by atoms with van der Waals surface area (Å²) in [6, 6.07) is 0. The second-order valence-electron chi connectivity index (χ2n) is 3.27. The molecule has 0 fully saturated rings. The van der Waals surface area contributed by atoms with Crippen molar-refractivity contribution in [3.8, 4) is 0 Å². The second kappa shape index (κ2) is 49.7. The summed E-state index contributed by atoms with van der Waals surface area (Å²) < 4.78 is 1.84. The van der Waals surface area contributed by atoms with Crippen molar-refractivity contribution in [1.29, 1.82) is 0 Å². The van der Waals surface area contributed by atoms with Gasteiger partial charge in [0, 0.05) is 307 Å². The number of nitrogens with zero attached hydrogens (tertiary/aromatic N) is 2. The maximum atomic E-state index is 5.72. The third kappa shape index (κ3) is 50.5. The van der Waals surface area contributed by atoms with Crippen LogP contribution < -0.4 is 0 Å². The van der Waals surface area contributed by atoms with Crippen LogP contribution >= 0.6 is 0 Å². The second-order valence-corrected chi connectivity index (χ2v) is 3.27. The van der Waals surface area contributed by atoms with Crippen molar-refractivity contribution in [3.05, 3.63) is 49.8 Å². The predicted molar refractivity (Wildman–Crippen MR) is 70.2 cm³/mol. The van der Waals surface area contributed by atoms with E-state index in [1.54, 1.807) is 24.3 Å². The minimum atomic E-state index is 0. The van der Waals surface area contributed by atoms with E-state index in [1.807, 2.05) is 23.6 Å². The fourth-order valence-corrected chi connectivity index (χ4v) is 0.706. The van der Waals surface area contributed by atoms with Gasteiger partial charge in [-0.05, 0) is 7.05 Å². The van der Waals surface area contributed by atoms with Gasteiger partial charge in [0.15, 0.2) is 0 Å². The van der Waals surface area contributed by atoms with Crippen LogP contribution in [-0.4, -0.2) is 50.7 Å². The molecule has 0 saturated heterocycles. The molecule has 0 bridgehead atoms. The van der Waals surface area contributed by atoms with E-state index in [2.05, 4.69) is 26.3 Å². The molecule has 2 nitrogen and oxygen atoms in total. The molecule has 0 aliphatic heterocycles. The van der Waals surface area contributed by atoms with Gasteiger partial charge in [0.1, 0.15) is 7.05 Å². The molecule has 0 amide bonds. The van der Waals surface area contributed by atoms with Gasteiger partial charge >= 0.3 is 0 Å². The van der Waals surface area contributed by atoms with E-state index in [0.717, 1.165) is 0 Å². The van der Waals surface area contributed by atoms with Crippen LogP contribution in [0, 0.1) is 20.0 Å². The van der Waals surface area contributed by atoms with Gasteiger partial charge in [-0.1, -0.05) is 0 Å². The Hall–Kier alpha value is 8.69. The van der Waals surface area contributed by atoms with Crippen LogP contribution in [0.4, 0.5) is 0 Å². The molecule has 0 spiro atoms. The fraction of sp³-hybridized carbons (Fsp3) is 0.308. The first kappa shape index (κ1) is 64.2. The molecule has 0 rings (SSSR count). The summed E-state index contributed by atoms with van der Waals surface area (Å²) in [4.78, 5) is 1.84. The monoisotopic (exact) mass is 1010 g/mol. The van der Waals surface area contributed by atoms with E-state index >= 15 is 0 Å². The zero-order chi connectivity index (χ0) is 12.4. The topological polar surface area (TPSA) is 6.25 Å². The van der Waals surface area contributed by atoms with E-state index in [0.29, 0.717) is 18.6 Å². The van der Waals surface area contributed by atoms with Crippen molar-refractivity contribution < 1.29 is 299 Å². The average molecular weight is 1010 g/mol. The summed E-state index contributed by atoms with van der Waals surface area (Å²) >= 11 is 0. The van der Waals surface area contributed by atoms with Crippen LogP contribution in [-0.2, 0) is 294 Å². The number of hydrogen-bond donors (Lipinski definition) is 0. The van der Waals surface area contributed by atoms with Gasteiger partial charge in [-0.3, -0.25) is 12.4 Å². The normalized spacial score (nSPS) is 8.96. The third-order valence-electron chi connectivity index (χ3n) is 1.81. The fourth-order valence-electron chi connectivity index (χ4n) is 0.706. The van der Waals surface area contributed by atoms with Gasteiger partial charge in [0.05, 0.1) is 7.85 Å². The zero-order valence-corrected chi connectivity index (χ0v) is 40.9. The molecule has 113 valence electrons. The van der Waals surface area contributed by atoms with E-state index in [4.69, 9.17) is 7.85 Å². The first-order chi connectivity index (χ1) is 7.60. The van der Waals surface area contributed by atoms with Gasteiger partial charge in [-0.15, -0.1) is 6.54 Å². The molecule has 0 N–H and O–H groups in total. The average Bonchev–Trinajstić information content (AvgIpc) is 2.28. The Morgan fingerprint density at radius 2 is 1.44 bits per heavy atom. The molecule has 11 radical (unpaired) electrons. The summed E-state index contributed by atoms with van der Waals surface area (Å²) in [6.45, 7) is 8.79. The molecular weight excluding hydrogens is 995 g/mol. The van der Waals surface area contributed by atoms with Crippen LogP contribution in [0.3, 0.4) is 0 Å². The van der Waals surface area contributed by atoms with Crippen molar-refractivity contribution in [1.82, 2.24) is 4.90 Å². The number of hydrogen-bond acceptors (Lipinski definition) is 1. The first-order valence-electron chi connectivity index (χ1n) is 5.08. The number of rotatable bonds is 6. The summed E-state index contributed by atoms with van der Waals surface area (Å²) in [5, 5.41) is 0. The summed E-state index contributed by atoms with van der Waals surface area (Å²) in [7, 11) is 9.52. The standard InChI is InChI=1S/C13H18BN2.9Y/c1-5-15(3)11-7-9-13(14)10-8-12-16(4)6-2;;;;;;;;;/h7-10H,1-2,5-6H2,3-4H3;;;;;;;;;/q-3;;;;;;;;;/b9-7?,13-10-;;;;;;;;;. The third-order valence-corrected chi connectivity index (χ3v) is 1.81. The van der Waals surface area contributed by atoms with Crippen LogP contribution in [0.15, 0.2) is 29.8 Å². The van der Waals surface area contributed by atoms with Crippen LogP contribution in [0.2, 0.25) is 0 Å². The van der Waals surface area contributed by atoms with Crippen LogP contribution in [0.5, 0.6) is 0 Å². The Bertz CT molecular complexity index is 325. The molecule has 0 aromatic rings. The molecular formula is C13H18BN2Y9-3. The number of allylic oxidation sites excluding steroid dienone is 5. The van der Waals surface area contributed by atoms with E-state index in [1.165, 1.54) is 0 Å². The van der Waals surface area contributed by atoms with Gasteiger partial charge in [-0.2, -0.15) is 12.3 Å². The SMILES string of the molecule is [B]/C(C=C[C-]=[N+](C)C[CH2-])=C\C=[C-]N(C)C[CH2-].[Y].[Y].[Y].[Y].[Y].[Y].[Y].[Y].[Y]. The summed E-state index contributed by atoms with van der Waals surface area (Å²) in [6.07, 6.45) is 13.0. The van der Waals surface area contributed by atoms with Crippen molar-refractivity contribution >= 4 is 14.1 Å². The smallest absolute Gasteiger partial charge is 0.113 e. The van der Waals surface area contributed by atoms with Crippen molar-refractivity contribution in [3.63, 3.8) is 0 Å². The van der Waals surface area contributed by atoms with E-state index in [9.17, 15) is 0 Å². The maximum Gasteiger partial charge on any atom is 0.113 e.